The zero-order chi connectivity index (χ0) is 12.9. The lowest BCUT2D eigenvalue weighted by Gasteiger charge is -2.28. The molecular weight excluding hydrogens is 220 g/mol. The maximum absolute atomic E-state index is 13.1. The number of halogens is 2. The summed E-state index contributed by atoms with van der Waals surface area (Å²) in [6.07, 6.45) is 4.51. The average Bonchev–Trinajstić information content (AvgIpc) is 2.31. The Labute approximate surface area is 102 Å². The average molecular weight is 241 g/mol. The zero-order valence-electron chi connectivity index (χ0n) is 10.6. The Balaban J connectivity index is 2.76. The SMILES string of the molecule is CCCCC(N)(CC)Cc1ccc(F)c(F)c1. The standard InChI is InChI=1S/C14H21F2N/c1-3-5-8-14(17,4-2)10-11-6-7-12(15)13(16)9-11/h6-7,9H,3-5,8,10,17H2,1-2H3. The number of nitrogens with two attached hydrogens (primary N) is 1. The summed E-state index contributed by atoms with van der Waals surface area (Å²) in [5.74, 6) is -1.60. The molecule has 0 fully saturated rings. The fourth-order valence-corrected chi connectivity index (χ4v) is 1.98. The molecule has 0 saturated heterocycles. The van der Waals surface area contributed by atoms with Crippen molar-refractivity contribution in [3.63, 3.8) is 0 Å². The first kappa shape index (κ1) is 14.1. The molecular formula is C14H21F2N. The van der Waals surface area contributed by atoms with Gasteiger partial charge in [-0.1, -0.05) is 32.8 Å². The van der Waals surface area contributed by atoms with E-state index in [2.05, 4.69) is 6.92 Å². The Morgan fingerprint density at radius 2 is 1.88 bits per heavy atom. The van der Waals surface area contributed by atoms with Crippen LogP contribution in [0.3, 0.4) is 0 Å². The van der Waals surface area contributed by atoms with Crippen LogP contribution in [0.25, 0.3) is 0 Å². The molecule has 2 N–H and O–H groups in total. The molecule has 1 aromatic carbocycles. The van der Waals surface area contributed by atoms with Crippen LogP contribution in [0.5, 0.6) is 0 Å². The Kier molecular flexibility index (Phi) is 5.06. The van der Waals surface area contributed by atoms with E-state index >= 15 is 0 Å². The van der Waals surface area contributed by atoms with Gasteiger partial charge in [0.2, 0.25) is 0 Å². The van der Waals surface area contributed by atoms with Gasteiger partial charge in [0.25, 0.3) is 0 Å². The summed E-state index contributed by atoms with van der Waals surface area (Å²) in [4.78, 5) is 0. The summed E-state index contributed by atoms with van der Waals surface area (Å²) in [6, 6.07) is 4.03. The first-order valence-corrected chi connectivity index (χ1v) is 6.23. The van der Waals surface area contributed by atoms with Gasteiger partial charge < -0.3 is 5.73 Å². The molecule has 0 aliphatic heterocycles. The van der Waals surface area contributed by atoms with Gasteiger partial charge in [-0.25, -0.2) is 8.78 Å². The molecule has 0 amide bonds. The van der Waals surface area contributed by atoms with Crippen molar-refractivity contribution in [2.75, 3.05) is 0 Å². The minimum atomic E-state index is -0.804. The van der Waals surface area contributed by atoms with Gasteiger partial charge in [0.1, 0.15) is 0 Å². The second-order valence-electron chi connectivity index (χ2n) is 4.74. The van der Waals surface area contributed by atoms with E-state index in [-0.39, 0.29) is 5.54 Å². The first-order valence-electron chi connectivity index (χ1n) is 6.23. The second kappa shape index (κ2) is 6.10. The molecule has 1 unspecified atom stereocenters. The highest BCUT2D eigenvalue weighted by Crippen LogP contribution is 2.22. The van der Waals surface area contributed by atoms with E-state index < -0.39 is 11.6 Å². The topological polar surface area (TPSA) is 26.0 Å². The predicted molar refractivity (Wildman–Crippen MR) is 66.8 cm³/mol. The van der Waals surface area contributed by atoms with Crippen LogP contribution in [0.1, 0.15) is 45.1 Å². The fourth-order valence-electron chi connectivity index (χ4n) is 1.98. The molecule has 0 aliphatic carbocycles. The van der Waals surface area contributed by atoms with Crippen molar-refractivity contribution in [1.82, 2.24) is 0 Å². The Bertz CT molecular complexity index is 365. The fraction of sp³-hybridized carbons (Fsp3) is 0.571. The van der Waals surface area contributed by atoms with Crippen molar-refractivity contribution in [2.24, 2.45) is 5.73 Å². The van der Waals surface area contributed by atoms with Crippen LogP contribution in [0.4, 0.5) is 8.78 Å². The van der Waals surface area contributed by atoms with Crippen molar-refractivity contribution in [1.29, 1.82) is 0 Å². The largest absolute Gasteiger partial charge is 0.325 e. The Hall–Kier alpha value is -0.960. The van der Waals surface area contributed by atoms with E-state index in [1.54, 1.807) is 6.07 Å². The monoisotopic (exact) mass is 241 g/mol. The van der Waals surface area contributed by atoms with Gasteiger partial charge in [0.05, 0.1) is 0 Å². The molecule has 96 valence electrons. The summed E-state index contributed by atoms with van der Waals surface area (Å²) in [7, 11) is 0. The van der Waals surface area contributed by atoms with Crippen LogP contribution >= 0.6 is 0 Å². The van der Waals surface area contributed by atoms with Crippen LogP contribution in [-0.2, 0) is 6.42 Å². The molecule has 0 aromatic heterocycles. The van der Waals surface area contributed by atoms with Gasteiger partial charge in [-0.3, -0.25) is 0 Å². The highest BCUT2D eigenvalue weighted by molar-refractivity contribution is 5.20. The summed E-state index contributed by atoms with van der Waals surface area (Å²) < 4.78 is 25.9. The lowest BCUT2D eigenvalue weighted by Crippen LogP contribution is -2.41. The van der Waals surface area contributed by atoms with Crippen molar-refractivity contribution in [2.45, 2.75) is 51.5 Å². The van der Waals surface area contributed by atoms with Crippen LogP contribution in [0, 0.1) is 11.6 Å². The maximum atomic E-state index is 13.1. The molecule has 0 heterocycles. The summed E-state index contributed by atoms with van der Waals surface area (Å²) in [6.45, 7) is 4.16. The van der Waals surface area contributed by atoms with E-state index in [1.807, 2.05) is 6.92 Å². The van der Waals surface area contributed by atoms with Gasteiger partial charge in [-0.05, 0) is 37.0 Å². The van der Waals surface area contributed by atoms with Gasteiger partial charge in [-0.15, -0.1) is 0 Å². The quantitative estimate of drug-likeness (QED) is 0.805. The summed E-state index contributed by atoms with van der Waals surface area (Å²) in [5.41, 5.74) is 6.75. The van der Waals surface area contributed by atoms with E-state index in [0.29, 0.717) is 6.42 Å². The van der Waals surface area contributed by atoms with Crippen LogP contribution < -0.4 is 5.73 Å². The van der Waals surface area contributed by atoms with Crippen LogP contribution in [0.2, 0.25) is 0 Å². The van der Waals surface area contributed by atoms with E-state index in [9.17, 15) is 8.78 Å². The summed E-state index contributed by atoms with van der Waals surface area (Å²) in [5, 5.41) is 0. The lowest BCUT2D eigenvalue weighted by molar-refractivity contribution is 0.364. The third-order valence-corrected chi connectivity index (χ3v) is 3.27. The van der Waals surface area contributed by atoms with Crippen molar-refractivity contribution >= 4 is 0 Å². The zero-order valence-corrected chi connectivity index (χ0v) is 10.6. The molecule has 0 saturated carbocycles. The van der Waals surface area contributed by atoms with Gasteiger partial charge in [0, 0.05) is 5.54 Å². The number of hydrogen-bond acceptors (Lipinski definition) is 1. The van der Waals surface area contributed by atoms with Gasteiger partial charge in [0.15, 0.2) is 11.6 Å². The minimum Gasteiger partial charge on any atom is -0.325 e. The summed E-state index contributed by atoms with van der Waals surface area (Å²) >= 11 is 0. The highest BCUT2D eigenvalue weighted by atomic mass is 19.2. The lowest BCUT2D eigenvalue weighted by atomic mass is 9.84. The van der Waals surface area contributed by atoms with Crippen LogP contribution in [0.15, 0.2) is 18.2 Å². The van der Waals surface area contributed by atoms with Crippen molar-refractivity contribution in [3.8, 4) is 0 Å². The third-order valence-electron chi connectivity index (χ3n) is 3.27. The van der Waals surface area contributed by atoms with E-state index in [1.165, 1.54) is 12.1 Å². The Morgan fingerprint density at radius 3 is 2.41 bits per heavy atom. The molecule has 0 bridgehead atoms. The smallest absolute Gasteiger partial charge is 0.159 e. The molecule has 1 nitrogen and oxygen atoms in total. The molecule has 1 aromatic rings. The van der Waals surface area contributed by atoms with Gasteiger partial charge >= 0.3 is 0 Å². The van der Waals surface area contributed by atoms with Crippen molar-refractivity contribution < 1.29 is 8.78 Å². The molecule has 0 aliphatic rings. The molecule has 3 heteroatoms. The normalized spacial score (nSPS) is 14.6. The van der Waals surface area contributed by atoms with Crippen molar-refractivity contribution in [3.05, 3.63) is 35.4 Å². The van der Waals surface area contributed by atoms with E-state index in [4.69, 9.17) is 5.73 Å². The third kappa shape index (κ3) is 4.08. The van der Waals surface area contributed by atoms with Gasteiger partial charge in [-0.2, -0.15) is 0 Å². The second-order valence-corrected chi connectivity index (χ2v) is 4.74. The molecule has 1 rings (SSSR count). The molecule has 1 atom stereocenters. The van der Waals surface area contributed by atoms with Crippen LogP contribution in [-0.4, -0.2) is 5.54 Å². The van der Waals surface area contributed by atoms with E-state index in [0.717, 1.165) is 31.2 Å². The number of unbranched alkanes of at least 4 members (excludes halogenated alkanes) is 1. The Morgan fingerprint density at radius 1 is 1.18 bits per heavy atom. The minimum absolute atomic E-state index is 0.305. The number of hydrogen-bond donors (Lipinski definition) is 1. The first-order chi connectivity index (χ1) is 8.00. The number of rotatable bonds is 6. The number of benzene rings is 1. The molecule has 17 heavy (non-hydrogen) atoms. The highest BCUT2D eigenvalue weighted by Gasteiger charge is 2.22. The molecule has 0 radical (unpaired) electrons. The predicted octanol–water partition coefficient (Wildman–Crippen LogP) is 3.81. The molecule has 0 spiro atoms. The maximum Gasteiger partial charge on any atom is 0.159 e.